The molecule has 1 aliphatic rings. The van der Waals surface area contributed by atoms with E-state index < -0.39 is 0 Å². The van der Waals surface area contributed by atoms with Crippen molar-refractivity contribution in [2.45, 2.75) is 39.2 Å². The van der Waals surface area contributed by atoms with Crippen molar-refractivity contribution in [2.75, 3.05) is 5.32 Å². The minimum absolute atomic E-state index is 0.352. The quantitative estimate of drug-likeness (QED) is 0.867. The SMILES string of the molecule is Cc1cccc(C)c1NC1CCCc2cccnc21. The summed E-state index contributed by atoms with van der Waals surface area (Å²) in [5.74, 6) is 0. The zero-order valence-electron chi connectivity index (χ0n) is 11.6. The van der Waals surface area contributed by atoms with Gasteiger partial charge in [0.2, 0.25) is 0 Å². The fourth-order valence-corrected chi connectivity index (χ4v) is 2.97. The van der Waals surface area contributed by atoms with Crippen LogP contribution < -0.4 is 5.32 Å². The monoisotopic (exact) mass is 252 g/mol. The molecule has 1 aromatic carbocycles. The summed E-state index contributed by atoms with van der Waals surface area (Å²) in [4.78, 5) is 4.59. The van der Waals surface area contributed by atoms with Gasteiger partial charge in [-0.1, -0.05) is 24.3 Å². The van der Waals surface area contributed by atoms with E-state index in [2.05, 4.69) is 48.4 Å². The Bertz CT molecular complexity index is 569. The van der Waals surface area contributed by atoms with Crippen molar-refractivity contribution in [1.29, 1.82) is 0 Å². The van der Waals surface area contributed by atoms with Crippen molar-refractivity contribution in [3.8, 4) is 0 Å². The Labute approximate surface area is 114 Å². The lowest BCUT2D eigenvalue weighted by Crippen LogP contribution is -2.19. The highest BCUT2D eigenvalue weighted by Gasteiger charge is 2.21. The summed E-state index contributed by atoms with van der Waals surface area (Å²) in [6.45, 7) is 4.33. The van der Waals surface area contributed by atoms with Gasteiger partial charge in [0, 0.05) is 11.9 Å². The second kappa shape index (κ2) is 5.04. The van der Waals surface area contributed by atoms with Crippen LogP contribution in [-0.2, 0) is 6.42 Å². The van der Waals surface area contributed by atoms with Gasteiger partial charge in [0.1, 0.15) is 0 Å². The maximum Gasteiger partial charge on any atom is 0.0688 e. The topological polar surface area (TPSA) is 24.9 Å². The van der Waals surface area contributed by atoms with Crippen molar-refractivity contribution in [2.24, 2.45) is 0 Å². The predicted molar refractivity (Wildman–Crippen MR) is 79.5 cm³/mol. The molecule has 0 bridgehead atoms. The summed E-state index contributed by atoms with van der Waals surface area (Å²) in [7, 11) is 0. The maximum absolute atomic E-state index is 4.59. The summed E-state index contributed by atoms with van der Waals surface area (Å²) in [5, 5.41) is 3.71. The van der Waals surface area contributed by atoms with Crippen molar-refractivity contribution in [1.82, 2.24) is 4.98 Å². The van der Waals surface area contributed by atoms with Crippen molar-refractivity contribution in [3.63, 3.8) is 0 Å². The average Bonchev–Trinajstić information content (AvgIpc) is 2.43. The molecule has 1 unspecified atom stereocenters. The van der Waals surface area contributed by atoms with Crippen molar-refractivity contribution in [3.05, 3.63) is 58.9 Å². The number of aromatic nitrogens is 1. The Morgan fingerprint density at radius 1 is 1.11 bits per heavy atom. The van der Waals surface area contributed by atoms with Gasteiger partial charge < -0.3 is 5.32 Å². The fourth-order valence-electron chi connectivity index (χ4n) is 2.97. The lowest BCUT2D eigenvalue weighted by molar-refractivity contribution is 0.583. The van der Waals surface area contributed by atoms with Crippen LogP contribution in [-0.4, -0.2) is 4.98 Å². The van der Waals surface area contributed by atoms with Gasteiger partial charge >= 0.3 is 0 Å². The largest absolute Gasteiger partial charge is 0.376 e. The molecule has 1 aromatic heterocycles. The van der Waals surface area contributed by atoms with Gasteiger partial charge in [-0.15, -0.1) is 0 Å². The van der Waals surface area contributed by atoms with Crippen LogP contribution in [0.3, 0.4) is 0 Å². The Kier molecular flexibility index (Phi) is 3.24. The molecule has 0 radical (unpaired) electrons. The van der Waals surface area contributed by atoms with Crippen molar-refractivity contribution < 1.29 is 0 Å². The Morgan fingerprint density at radius 3 is 2.68 bits per heavy atom. The number of nitrogens with zero attached hydrogens (tertiary/aromatic N) is 1. The molecule has 2 aromatic rings. The number of benzene rings is 1. The molecule has 2 nitrogen and oxygen atoms in total. The van der Waals surface area contributed by atoms with E-state index in [9.17, 15) is 0 Å². The number of hydrogen-bond donors (Lipinski definition) is 1. The first kappa shape index (κ1) is 12.2. The Balaban J connectivity index is 1.93. The first-order valence-electron chi connectivity index (χ1n) is 7.02. The maximum atomic E-state index is 4.59. The van der Waals surface area contributed by atoms with E-state index in [1.807, 2.05) is 12.3 Å². The molecule has 0 spiro atoms. The summed E-state index contributed by atoms with van der Waals surface area (Å²) in [5.41, 5.74) is 6.52. The van der Waals surface area contributed by atoms with Crippen LogP contribution in [0.2, 0.25) is 0 Å². The number of fused-ring (bicyclic) bond motifs is 1. The van der Waals surface area contributed by atoms with Gasteiger partial charge in [-0.05, 0) is 55.9 Å². The first-order valence-corrected chi connectivity index (χ1v) is 7.02. The van der Waals surface area contributed by atoms with Gasteiger partial charge in [0.05, 0.1) is 11.7 Å². The van der Waals surface area contributed by atoms with E-state index in [1.165, 1.54) is 34.5 Å². The molecular weight excluding hydrogens is 232 g/mol. The minimum Gasteiger partial charge on any atom is -0.376 e. The second-order valence-corrected chi connectivity index (χ2v) is 5.40. The highest BCUT2D eigenvalue weighted by molar-refractivity contribution is 5.58. The van der Waals surface area contributed by atoms with Gasteiger partial charge in [-0.3, -0.25) is 4.98 Å². The summed E-state index contributed by atoms with van der Waals surface area (Å²) >= 11 is 0. The molecule has 0 saturated heterocycles. The van der Waals surface area contributed by atoms with Gasteiger partial charge in [0.15, 0.2) is 0 Å². The highest BCUT2D eigenvalue weighted by atomic mass is 15.0. The number of aryl methyl sites for hydroxylation is 3. The fraction of sp³-hybridized carbons (Fsp3) is 0.353. The molecule has 0 saturated carbocycles. The van der Waals surface area contributed by atoms with Crippen molar-refractivity contribution >= 4 is 5.69 Å². The summed E-state index contributed by atoms with van der Waals surface area (Å²) in [6.07, 6.45) is 5.47. The lowest BCUT2D eigenvalue weighted by atomic mass is 9.91. The van der Waals surface area contributed by atoms with E-state index in [4.69, 9.17) is 0 Å². The molecule has 1 aliphatic carbocycles. The number of para-hydroxylation sites is 1. The predicted octanol–water partition coefficient (Wildman–Crippen LogP) is 4.19. The molecule has 0 aliphatic heterocycles. The standard InChI is InChI=1S/C17H20N2/c1-12-6-3-7-13(2)16(12)19-15-10-4-8-14-9-5-11-18-17(14)15/h3,5-7,9,11,15,19H,4,8,10H2,1-2H3. The molecule has 98 valence electrons. The van der Waals surface area contributed by atoms with Crippen LogP contribution >= 0.6 is 0 Å². The highest BCUT2D eigenvalue weighted by Crippen LogP contribution is 2.32. The van der Waals surface area contributed by atoms with Gasteiger partial charge in [-0.2, -0.15) is 0 Å². The zero-order valence-corrected chi connectivity index (χ0v) is 11.6. The normalized spacial score (nSPS) is 17.9. The zero-order chi connectivity index (χ0) is 13.2. The summed E-state index contributed by atoms with van der Waals surface area (Å²) in [6, 6.07) is 11.0. The third-order valence-corrected chi connectivity index (χ3v) is 3.99. The van der Waals surface area contributed by atoms with E-state index in [0.29, 0.717) is 6.04 Å². The molecule has 2 heteroatoms. The van der Waals surface area contributed by atoms with Crippen LogP contribution in [0.4, 0.5) is 5.69 Å². The molecule has 1 atom stereocenters. The molecule has 19 heavy (non-hydrogen) atoms. The number of anilines is 1. The van der Waals surface area contributed by atoms with Gasteiger partial charge in [0.25, 0.3) is 0 Å². The molecule has 1 heterocycles. The Morgan fingerprint density at radius 2 is 1.89 bits per heavy atom. The molecule has 3 rings (SSSR count). The lowest BCUT2D eigenvalue weighted by Gasteiger charge is -2.27. The average molecular weight is 252 g/mol. The smallest absolute Gasteiger partial charge is 0.0688 e. The van der Waals surface area contributed by atoms with E-state index >= 15 is 0 Å². The third kappa shape index (κ3) is 2.35. The number of nitrogens with one attached hydrogen (secondary N) is 1. The molecule has 0 fully saturated rings. The number of rotatable bonds is 2. The van der Waals surface area contributed by atoms with E-state index in [-0.39, 0.29) is 0 Å². The van der Waals surface area contributed by atoms with E-state index in [0.717, 1.165) is 12.8 Å². The van der Waals surface area contributed by atoms with Gasteiger partial charge in [-0.25, -0.2) is 0 Å². The first-order chi connectivity index (χ1) is 9.25. The Hall–Kier alpha value is -1.83. The number of hydrogen-bond acceptors (Lipinski definition) is 2. The number of pyridine rings is 1. The molecule has 0 amide bonds. The van der Waals surface area contributed by atoms with Crippen LogP contribution in [0, 0.1) is 13.8 Å². The third-order valence-electron chi connectivity index (χ3n) is 3.99. The van der Waals surface area contributed by atoms with Crippen LogP contribution in [0.25, 0.3) is 0 Å². The molecule has 1 N–H and O–H groups in total. The van der Waals surface area contributed by atoms with Crippen LogP contribution in [0.15, 0.2) is 36.5 Å². The van der Waals surface area contributed by atoms with Crippen LogP contribution in [0.1, 0.15) is 41.3 Å². The minimum atomic E-state index is 0.352. The molecular formula is C17H20N2. The van der Waals surface area contributed by atoms with Crippen LogP contribution in [0.5, 0.6) is 0 Å². The second-order valence-electron chi connectivity index (χ2n) is 5.40. The van der Waals surface area contributed by atoms with E-state index in [1.54, 1.807) is 0 Å². The summed E-state index contributed by atoms with van der Waals surface area (Å²) < 4.78 is 0.